The van der Waals surface area contributed by atoms with Crippen LogP contribution in [0.3, 0.4) is 0 Å². The SMILES string of the molecule is COc1cc(Nc2nc(-c3cc[n+]([O-])cc3)nn3c(C)nc(C)c23)cc(OC)c1OC. The van der Waals surface area contributed by atoms with E-state index in [2.05, 4.69) is 15.4 Å². The lowest BCUT2D eigenvalue weighted by Crippen LogP contribution is -2.23. The van der Waals surface area contributed by atoms with Gasteiger partial charge in [-0.05, 0) is 13.8 Å². The van der Waals surface area contributed by atoms with Gasteiger partial charge < -0.3 is 24.7 Å². The van der Waals surface area contributed by atoms with Gasteiger partial charge in [-0.3, -0.25) is 0 Å². The van der Waals surface area contributed by atoms with Crippen molar-refractivity contribution in [2.75, 3.05) is 26.6 Å². The quantitative estimate of drug-likeness (QED) is 0.373. The van der Waals surface area contributed by atoms with Crippen molar-refractivity contribution in [2.45, 2.75) is 13.8 Å². The lowest BCUT2D eigenvalue weighted by atomic mass is 10.2. The Balaban J connectivity index is 1.88. The van der Waals surface area contributed by atoms with Gasteiger partial charge in [-0.2, -0.15) is 4.73 Å². The second-order valence-corrected chi connectivity index (χ2v) is 6.77. The maximum atomic E-state index is 11.4. The smallest absolute Gasteiger partial charge is 0.203 e. The molecule has 0 aliphatic carbocycles. The van der Waals surface area contributed by atoms with Crippen LogP contribution >= 0.6 is 0 Å². The summed E-state index contributed by atoms with van der Waals surface area (Å²) in [7, 11) is 4.67. The molecule has 0 fully saturated rings. The van der Waals surface area contributed by atoms with Crippen LogP contribution in [0.4, 0.5) is 11.5 Å². The molecule has 4 rings (SSSR count). The maximum absolute atomic E-state index is 11.4. The molecule has 31 heavy (non-hydrogen) atoms. The number of imidazole rings is 1. The Labute approximate surface area is 178 Å². The first-order chi connectivity index (χ1) is 14.9. The van der Waals surface area contributed by atoms with Gasteiger partial charge in [-0.1, -0.05) is 0 Å². The Bertz CT molecular complexity index is 1230. The number of hydrogen-bond acceptors (Lipinski definition) is 8. The minimum Gasteiger partial charge on any atom is -0.619 e. The fourth-order valence-corrected chi connectivity index (χ4v) is 3.39. The molecule has 0 amide bonds. The van der Waals surface area contributed by atoms with Gasteiger partial charge in [-0.25, -0.2) is 14.5 Å². The van der Waals surface area contributed by atoms with Crippen LogP contribution in [-0.4, -0.2) is 40.9 Å². The van der Waals surface area contributed by atoms with Crippen molar-refractivity contribution in [3.05, 3.63) is 53.4 Å². The third-order valence-electron chi connectivity index (χ3n) is 4.81. The lowest BCUT2D eigenvalue weighted by Gasteiger charge is -2.15. The van der Waals surface area contributed by atoms with Crippen LogP contribution in [0, 0.1) is 19.1 Å². The van der Waals surface area contributed by atoms with Gasteiger partial charge in [0.05, 0.1) is 27.0 Å². The molecule has 160 valence electrons. The molecule has 1 aromatic carbocycles. The monoisotopic (exact) mass is 422 g/mol. The van der Waals surface area contributed by atoms with Crippen LogP contribution in [0.1, 0.15) is 11.5 Å². The fraction of sp³-hybridized carbons (Fsp3) is 0.238. The van der Waals surface area contributed by atoms with Crippen molar-refractivity contribution in [3.63, 3.8) is 0 Å². The number of nitrogens with one attached hydrogen (secondary N) is 1. The van der Waals surface area contributed by atoms with E-state index in [9.17, 15) is 5.21 Å². The molecule has 0 aliphatic rings. The van der Waals surface area contributed by atoms with Crippen molar-refractivity contribution >= 4 is 17.0 Å². The standard InChI is InChI=1S/C21H22N6O4/c1-12-18-21(23-15-10-16(29-3)19(31-5)17(11-15)30-4)24-20(25-27(18)13(2)22-12)14-6-8-26(28)9-7-14/h6-11H,1-5H3,(H,23,24,25). The normalized spacial score (nSPS) is 10.9. The third kappa shape index (κ3) is 3.63. The number of ether oxygens (including phenoxy) is 3. The average Bonchev–Trinajstić information content (AvgIpc) is 3.07. The number of pyridine rings is 1. The van der Waals surface area contributed by atoms with E-state index >= 15 is 0 Å². The fourth-order valence-electron chi connectivity index (χ4n) is 3.39. The van der Waals surface area contributed by atoms with E-state index in [1.54, 1.807) is 50.1 Å². The number of nitrogens with zero attached hydrogens (tertiary/aromatic N) is 5. The van der Waals surface area contributed by atoms with E-state index in [1.807, 2.05) is 13.8 Å². The van der Waals surface area contributed by atoms with Crippen LogP contribution in [0.25, 0.3) is 16.9 Å². The first-order valence-corrected chi connectivity index (χ1v) is 9.45. The highest BCUT2D eigenvalue weighted by molar-refractivity contribution is 5.78. The Morgan fingerprint density at radius 2 is 1.61 bits per heavy atom. The molecule has 0 saturated carbocycles. The number of aromatic nitrogens is 5. The molecular formula is C21H22N6O4. The number of hydrogen-bond donors (Lipinski definition) is 1. The molecule has 0 bridgehead atoms. The molecule has 4 aromatic rings. The number of methoxy groups -OCH3 is 3. The summed E-state index contributed by atoms with van der Waals surface area (Å²) in [5.74, 6) is 3.24. The summed E-state index contributed by atoms with van der Waals surface area (Å²) in [5.41, 5.74) is 2.91. The Morgan fingerprint density at radius 1 is 0.968 bits per heavy atom. The van der Waals surface area contributed by atoms with Gasteiger partial charge in [0.25, 0.3) is 0 Å². The molecule has 0 unspecified atom stereocenters. The largest absolute Gasteiger partial charge is 0.619 e. The van der Waals surface area contributed by atoms with Crippen molar-refractivity contribution < 1.29 is 18.9 Å². The summed E-state index contributed by atoms with van der Waals surface area (Å²) in [6.45, 7) is 3.77. The van der Waals surface area contributed by atoms with E-state index in [4.69, 9.17) is 19.2 Å². The van der Waals surface area contributed by atoms with Crippen molar-refractivity contribution in [3.8, 4) is 28.6 Å². The van der Waals surface area contributed by atoms with Gasteiger partial charge in [0, 0.05) is 35.5 Å². The van der Waals surface area contributed by atoms with Crippen LogP contribution in [-0.2, 0) is 0 Å². The second kappa shape index (κ2) is 7.98. The predicted molar refractivity (Wildman–Crippen MR) is 114 cm³/mol. The van der Waals surface area contributed by atoms with Crippen molar-refractivity contribution in [1.29, 1.82) is 0 Å². The zero-order valence-electron chi connectivity index (χ0n) is 17.8. The molecule has 10 nitrogen and oxygen atoms in total. The maximum Gasteiger partial charge on any atom is 0.203 e. The first-order valence-electron chi connectivity index (χ1n) is 9.45. The summed E-state index contributed by atoms with van der Waals surface area (Å²) in [6, 6.07) is 6.91. The van der Waals surface area contributed by atoms with Gasteiger partial charge in [-0.15, -0.1) is 5.10 Å². The number of benzene rings is 1. The van der Waals surface area contributed by atoms with Crippen LogP contribution < -0.4 is 24.3 Å². The second-order valence-electron chi connectivity index (χ2n) is 6.77. The van der Waals surface area contributed by atoms with Crippen LogP contribution in [0.5, 0.6) is 17.2 Å². The van der Waals surface area contributed by atoms with E-state index in [0.717, 1.165) is 17.0 Å². The summed E-state index contributed by atoms with van der Waals surface area (Å²) >= 11 is 0. The summed E-state index contributed by atoms with van der Waals surface area (Å²) in [4.78, 5) is 9.25. The molecule has 0 saturated heterocycles. The predicted octanol–water partition coefficient (Wildman–Crippen LogP) is 2.81. The number of fused-ring (bicyclic) bond motifs is 1. The molecule has 10 heteroatoms. The summed E-state index contributed by atoms with van der Waals surface area (Å²) in [5, 5.41) is 19.4. The van der Waals surface area contributed by atoms with Gasteiger partial charge >= 0.3 is 0 Å². The van der Waals surface area contributed by atoms with Crippen LogP contribution in [0.15, 0.2) is 36.7 Å². The molecule has 0 atom stereocenters. The minimum absolute atomic E-state index is 0.448. The van der Waals surface area contributed by atoms with E-state index < -0.39 is 0 Å². The average molecular weight is 422 g/mol. The molecule has 1 N–H and O–H groups in total. The molecule has 0 aliphatic heterocycles. The van der Waals surface area contributed by atoms with Crippen LogP contribution in [0.2, 0.25) is 0 Å². The zero-order valence-corrected chi connectivity index (χ0v) is 17.8. The van der Waals surface area contributed by atoms with E-state index in [1.165, 1.54) is 12.4 Å². The summed E-state index contributed by atoms with van der Waals surface area (Å²) < 4.78 is 18.7. The van der Waals surface area contributed by atoms with E-state index in [0.29, 0.717) is 44.9 Å². The van der Waals surface area contributed by atoms with Crippen molar-refractivity contribution in [1.82, 2.24) is 19.6 Å². The topological polar surface area (TPSA) is 110 Å². The van der Waals surface area contributed by atoms with Gasteiger partial charge in [0.2, 0.25) is 5.75 Å². The minimum atomic E-state index is 0.448. The lowest BCUT2D eigenvalue weighted by molar-refractivity contribution is -0.605. The van der Waals surface area contributed by atoms with Gasteiger partial charge in [0.1, 0.15) is 11.3 Å². The zero-order chi connectivity index (χ0) is 22.1. The molecule has 0 radical (unpaired) electrons. The summed E-state index contributed by atoms with van der Waals surface area (Å²) in [6.07, 6.45) is 2.81. The number of anilines is 2. The molecule has 3 heterocycles. The third-order valence-corrected chi connectivity index (χ3v) is 4.81. The molecular weight excluding hydrogens is 400 g/mol. The highest BCUT2D eigenvalue weighted by Crippen LogP contribution is 2.41. The Kier molecular flexibility index (Phi) is 5.20. The van der Waals surface area contributed by atoms with Gasteiger partial charge in [0.15, 0.2) is 35.5 Å². The number of rotatable bonds is 6. The first kappa shape index (κ1) is 20.2. The molecule has 0 spiro atoms. The highest BCUT2D eigenvalue weighted by Gasteiger charge is 2.18. The van der Waals surface area contributed by atoms with Crippen molar-refractivity contribution in [2.24, 2.45) is 0 Å². The van der Waals surface area contributed by atoms with E-state index in [-0.39, 0.29) is 0 Å². The highest BCUT2D eigenvalue weighted by atomic mass is 16.5. The number of aryl methyl sites for hydroxylation is 2. The Hall–Kier alpha value is -4.08. The molecule has 3 aromatic heterocycles. The Morgan fingerprint density at radius 3 is 2.19 bits per heavy atom.